The molecule has 1 aromatic heterocycles. The number of nitrogens with zero attached hydrogens (tertiary/aromatic N) is 2. The van der Waals surface area contributed by atoms with Crippen molar-refractivity contribution in [2.24, 2.45) is 5.73 Å². The molecule has 16 heavy (non-hydrogen) atoms. The van der Waals surface area contributed by atoms with Gasteiger partial charge in [-0.3, -0.25) is 0 Å². The Morgan fingerprint density at radius 3 is 2.88 bits per heavy atom. The summed E-state index contributed by atoms with van der Waals surface area (Å²) in [4.78, 5) is 17.6. The average molecular weight is 221 g/mol. The van der Waals surface area contributed by atoms with Crippen molar-refractivity contribution in [3.63, 3.8) is 0 Å². The molecule has 0 unspecified atom stereocenters. The first-order valence-electron chi connectivity index (χ1n) is 5.34. The molecule has 0 atom stereocenters. The molecular formula is C11H15N3O2. The summed E-state index contributed by atoms with van der Waals surface area (Å²) in [6.45, 7) is 3.81. The molecule has 0 spiro atoms. The van der Waals surface area contributed by atoms with Gasteiger partial charge in [-0.25, -0.2) is 9.78 Å². The molecule has 5 heteroatoms. The number of esters is 1. The second-order valence-corrected chi connectivity index (χ2v) is 3.79. The monoisotopic (exact) mass is 221 g/mol. The highest BCUT2D eigenvalue weighted by Gasteiger charge is 2.24. The largest absolute Gasteiger partial charge is 0.462 e. The van der Waals surface area contributed by atoms with Crippen molar-refractivity contribution < 1.29 is 9.53 Å². The fraction of sp³-hybridized carbons (Fsp3) is 0.455. The Kier molecular flexibility index (Phi) is 3.05. The van der Waals surface area contributed by atoms with Crippen LogP contribution >= 0.6 is 0 Å². The van der Waals surface area contributed by atoms with Crippen molar-refractivity contribution in [3.05, 3.63) is 23.9 Å². The SMILES string of the molecule is CCOC(=O)c1ccc(N2CC(N)C2)nc1. The summed E-state index contributed by atoms with van der Waals surface area (Å²) < 4.78 is 4.87. The van der Waals surface area contributed by atoms with Gasteiger partial charge in [-0.15, -0.1) is 0 Å². The smallest absolute Gasteiger partial charge is 0.339 e. The molecule has 2 rings (SSSR count). The first-order valence-corrected chi connectivity index (χ1v) is 5.34. The third kappa shape index (κ3) is 2.14. The van der Waals surface area contributed by atoms with E-state index < -0.39 is 0 Å². The number of anilines is 1. The van der Waals surface area contributed by atoms with Crippen LogP contribution in [0.4, 0.5) is 5.82 Å². The second-order valence-electron chi connectivity index (χ2n) is 3.79. The summed E-state index contributed by atoms with van der Waals surface area (Å²) in [6.07, 6.45) is 1.54. The van der Waals surface area contributed by atoms with Gasteiger partial charge in [-0.05, 0) is 19.1 Å². The van der Waals surface area contributed by atoms with Gasteiger partial charge in [-0.1, -0.05) is 0 Å². The van der Waals surface area contributed by atoms with Crippen molar-refractivity contribution in [2.75, 3.05) is 24.6 Å². The number of hydrogen-bond donors (Lipinski definition) is 1. The van der Waals surface area contributed by atoms with Gasteiger partial charge < -0.3 is 15.4 Å². The van der Waals surface area contributed by atoms with Crippen LogP contribution in [0.3, 0.4) is 0 Å². The van der Waals surface area contributed by atoms with E-state index in [1.165, 1.54) is 6.20 Å². The minimum atomic E-state index is -0.332. The maximum atomic E-state index is 11.4. The van der Waals surface area contributed by atoms with E-state index >= 15 is 0 Å². The second kappa shape index (κ2) is 4.49. The summed E-state index contributed by atoms with van der Waals surface area (Å²) in [5.41, 5.74) is 6.16. The van der Waals surface area contributed by atoms with Crippen LogP contribution in [0.15, 0.2) is 18.3 Å². The number of hydrogen-bond acceptors (Lipinski definition) is 5. The first-order chi connectivity index (χ1) is 7.70. The third-order valence-corrected chi connectivity index (χ3v) is 2.49. The van der Waals surface area contributed by atoms with Crippen LogP contribution in [-0.2, 0) is 4.74 Å². The third-order valence-electron chi connectivity index (χ3n) is 2.49. The number of pyridine rings is 1. The van der Waals surface area contributed by atoms with Crippen LogP contribution in [0.25, 0.3) is 0 Å². The van der Waals surface area contributed by atoms with Crippen LogP contribution < -0.4 is 10.6 Å². The molecule has 0 bridgehead atoms. The highest BCUT2D eigenvalue weighted by atomic mass is 16.5. The number of nitrogens with two attached hydrogens (primary N) is 1. The zero-order valence-electron chi connectivity index (χ0n) is 9.22. The lowest BCUT2D eigenvalue weighted by Gasteiger charge is -2.37. The number of ether oxygens (including phenoxy) is 1. The van der Waals surface area contributed by atoms with E-state index in [0.29, 0.717) is 12.2 Å². The van der Waals surface area contributed by atoms with Gasteiger partial charge in [0.2, 0.25) is 0 Å². The molecule has 86 valence electrons. The van der Waals surface area contributed by atoms with Gasteiger partial charge in [-0.2, -0.15) is 0 Å². The summed E-state index contributed by atoms with van der Waals surface area (Å²) in [5, 5.41) is 0. The Morgan fingerprint density at radius 2 is 2.38 bits per heavy atom. The number of carbonyl (C=O) groups excluding carboxylic acids is 1. The molecule has 1 aliphatic rings. The number of carbonyl (C=O) groups is 1. The minimum Gasteiger partial charge on any atom is -0.462 e. The highest BCUT2D eigenvalue weighted by Crippen LogP contribution is 2.17. The standard InChI is InChI=1S/C11H15N3O2/c1-2-16-11(15)8-3-4-10(13-5-8)14-6-9(12)7-14/h3-5,9H,2,6-7,12H2,1H3. The maximum Gasteiger partial charge on any atom is 0.339 e. The quantitative estimate of drug-likeness (QED) is 0.748. The van der Waals surface area contributed by atoms with E-state index in [4.69, 9.17) is 10.5 Å². The van der Waals surface area contributed by atoms with E-state index in [9.17, 15) is 4.79 Å². The maximum absolute atomic E-state index is 11.4. The van der Waals surface area contributed by atoms with Crippen LogP contribution in [0.5, 0.6) is 0 Å². The van der Waals surface area contributed by atoms with Gasteiger partial charge in [0.15, 0.2) is 0 Å². The summed E-state index contributed by atoms with van der Waals surface area (Å²) in [7, 11) is 0. The summed E-state index contributed by atoms with van der Waals surface area (Å²) >= 11 is 0. The molecule has 0 radical (unpaired) electrons. The van der Waals surface area contributed by atoms with Gasteiger partial charge in [0, 0.05) is 25.3 Å². The number of rotatable bonds is 3. The van der Waals surface area contributed by atoms with Gasteiger partial charge in [0.1, 0.15) is 5.82 Å². The first kappa shape index (κ1) is 10.9. The van der Waals surface area contributed by atoms with Crippen LogP contribution in [0.1, 0.15) is 17.3 Å². The topological polar surface area (TPSA) is 68.5 Å². The molecule has 2 N–H and O–H groups in total. The van der Waals surface area contributed by atoms with Crippen LogP contribution in [0.2, 0.25) is 0 Å². The lowest BCUT2D eigenvalue weighted by atomic mass is 10.1. The molecular weight excluding hydrogens is 206 g/mol. The molecule has 0 saturated carbocycles. The Morgan fingerprint density at radius 1 is 1.62 bits per heavy atom. The fourth-order valence-corrected chi connectivity index (χ4v) is 1.61. The Hall–Kier alpha value is -1.62. The highest BCUT2D eigenvalue weighted by molar-refractivity contribution is 5.89. The van der Waals surface area contributed by atoms with Crippen molar-refractivity contribution >= 4 is 11.8 Å². The summed E-state index contributed by atoms with van der Waals surface area (Å²) in [6, 6.07) is 3.79. The molecule has 0 aliphatic carbocycles. The average Bonchev–Trinajstić information content (AvgIpc) is 2.25. The molecule has 1 aliphatic heterocycles. The van der Waals surface area contributed by atoms with Crippen molar-refractivity contribution in [2.45, 2.75) is 13.0 Å². The molecule has 2 heterocycles. The van der Waals surface area contributed by atoms with E-state index in [1.54, 1.807) is 13.0 Å². The van der Waals surface area contributed by atoms with Gasteiger partial charge in [0.25, 0.3) is 0 Å². The predicted octanol–water partition coefficient (Wildman–Crippen LogP) is 0.406. The van der Waals surface area contributed by atoms with Crippen molar-refractivity contribution in [1.29, 1.82) is 0 Å². The molecule has 5 nitrogen and oxygen atoms in total. The normalized spacial score (nSPS) is 15.8. The molecule has 1 aromatic rings. The van der Waals surface area contributed by atoms with Crippen LogP contribution in [0, 0.1) is 0 Å². The fourth-order valence-electron chi connectivity index (χ4n) is 1.61. The zero-order chi connectivity index (χ0) is 11.5. The zero-order valence-corrected chi connectivity index (χ0v) is 9.22. The van der Waals surface area contributed by atoms with Gasteiger partial charge in [0.05, 0.1) is 12.2 Å². The summed E-state index contributed by atoms with van der Waals surface area (Å²) in [5.74, 6) is 0.525. The van der Waals surface area contributed by atoms with Crippen molar-refractivity contribution in [3.8, 4) is 0 Å². The predicted molar refractivity (Wildman–Crippen MR) is 60.4 cm³/mol. The Bertz CT molecular complexity index is 371. The van der Waals surface area contributed by atoms with E-state index in [1.807, 2.05) is 6.07 Å². The molecule has 1 fully saturated rings. The lowest BCUT2D eigenvalue weighted by Crippen LogP contribution is -2.56. The van der Waals surface area contributed by atoms with E-state index in [-0.39, 0.29) is 12.0 Å². The van der Waals surface area contributed by atoms with E-state index in [2.05, 4.69) is 9.88 Å². The molecule has 0 amide bonds. The Balaban J connectivity index is 2.02. The molecule has 0 aromatic carbocycles. The lowest BCUT2D eigenvalue weighted by molar-refractivity contribution is 0.0526. The van der Waals surface area contributed by atoms with Crippen molar-refractivity contribution in [1.82, 2.24) is 4.98 Å². The number of aromatic nitrogens is 1. The Labute approximate surface area is 94.2 Å². The van der Waals surface area contributed by atoms with Gasteiger partial charge >= 0.3 is 5.97 Å². The van der Waals surface area contributed by atoms with E-state index in [0.717, 1.165) is 18.9 Å². The van der Waals surface area contributed by atoms with Crippen LogP contribution in [-0.4, -0.2) is 36.7 Å². The molecule has 1 saturated heterocycles. The minimum absolute atomic E-state index is 0.242.